The zero-order valence-electron chi connectivity index (χ0n) is 8.65. The van der Waals surface area contributed by atoms with Crippen molar-refractivity contribution >= 4 is 10.1 Å². The molecule has 0 unspecified atom stereocenters. The first-order valence-electron chi connectivity index (χ1n) is 4.53. The van der Waals surface area contributed by atoms with Crippen molar-refractivity contribution in [2.45, 2.75) is 19.8 Å². The number of quaternary nitrogens is 1. The zero-order chi connectivity index (χ0) is 10.5. The molecule has 1 aliphatic rings. The van der Waals surface area contributed by atoms with Crippen molar-refractivity contribution < 1.29 is 17.5 Å². The molecule has 13 heavy (non-hydrogen) atoms. The minimum absolute atomic E-state index is 0.715. The maximum atomic E-state index is 9.19. The highest BCUT2D eigenvalue weighted by molar-refractivity contribution is 7.85. The minimum Gasteiger partial charge on any atom is -0.326 e. The molecule has 0 aliphatic carbocycles. The molecule has 1 rings (SSSR count). The number of hydrogen-bond acceptors (Lipinski definition) is 2. The largest absolute Gasteiger partial charge is 0.326 e. The Hall–Kier alpha value is -0.130. The summed E-state index contributed by atoms with van der Waals surface area (Å²) in [6, 6.07) is 0. The van der Waals surface area contributed by atoms with Crippen LogP contribution in [-0.2, 0) is 10.1 Å². The fourth-order valence-electron chi connectivity index (χ4n) is 1.42. The van der Waals surface area contributed by atoms with Gasteiger partial charge in [-0.3, -0.25) is 4.55 Å². The molecule has 1 fully saturated rings. The van der Waals surface area contributed by atoms with Gasteiger partial charge in [-0.25, -0.2) is 0 Å². The summed E-state index contributed by atoms with van der Waals surface area (Å²) >= 11 is 0. The van der Waals surface area contributed by atoms with E-state index < -0.39 is 10.1 Å². The molecule has 0 amide bonds. The van der Waals surface area contributed by atoms with Gasteiger partial charge in [0.2, 0.25) is 0 Å². The van der Waals surface area contributed by atoms with Gasteiger partial charge in [0, 0.05) is 12.8 Å². The van der Waals surface area contributed by atoms with Crippen LogP contribution in [0.5, 0.6) is 0 Å². The summed E-state index contributed by atoms with van der Waals surface area (Å²) in [5, 5.41) is 0. The lowest BCUT2D eigenvalue weighted by atomic mass is 10.4. The third-order valence-corrected chi connectivity index (χ3v) is 2.41. The molecule has 0 bridgehead atoms. The van der Waals surface area contributed by atoms with E-state index in [-0.39, 0.29) is 0 Å². The lowest BCUT2D eigenvalue weighted by Crippen LogP contribution is -2.40. The van der Waals surface area contributed by atoms with Gasteiger partial charge < -0.3 is 4.48 Å². The highest BCUT2D eigenvalue weighted by atomic mass is 32.2. The summed E-state index contributed by atoms with van der Waals surface area (Å²) < 4.78 is 27.2. The third-order valence-electron chi connectivity index (χ3n) is 2.41. The highest BCUT2D eigenvalue weighted by Gasteiger charge is 2.23. The van der Waals surface area contributed by atoms with Crippen LogP contribution in [0.25, 0.3) is 0 Å². The summed E-state index contributed by atoms with van der Waals surface area (Å²) in [4.78, 5) is 0. The van der Waals surface area contributed by atoms with Crippen LogP contribution in [0.15, 0.2) is 0 Å². The van der Waals surface area contributed by atoms with Gasteiger partial charge in [-0.1, -0.05) is 0 Å². The van der Waals surface area contributed by atoms with Crippen LogP contribution in [0.2, 0.25) is 0 Å². The van der Waals surface area contributed by atoms with Crippen LogP contribution in [0.3, 0.4) is 0 Å². The standard InChI is InChI=1S/C7H16N.CH4O3S/c1-3-8(2)6-4-5-7-8;1-5(2,3)4/h3-7H2,1-2H3;1H3,(H,2,3,4)/q+1;. The average molecular weight is 210 g/mol. The van der Waals surface area contributed by atoms with E-state index in [2.05, 4.69) is 14.0 Å². The van der Waals surface area contributed by atoms with Gasteiger partial charge in [-0.2, -0.15) is 8.42 Å². The molecule has 0 aromatic rings. The first kappa shape index (κ1) is 12.9. The molecule has 0 radical (unpaired) electrons. The summed E-state index contributed by atoms with van der Waals surface area (Å²) in [6.07, 6.45) is 3.61. The summed E-state index contributed by atoms with van der Waals surface area (Å²) in [5.41, 5.74) is 0. The second kappa shape index (κ2) is 4.93. The van der Waals surface area contributed by atoms with E-state index in [1.165, 1.54) is 37.0 Å². The Morgan fingerprint density at radius 1 is 1.31 bits per heavy atom. The monoisotopic (exact) mass is 210 g/mol. The van der Waals surface area contributed by atoms with Crippen LogP contribution >= 0.6 is 0 Å². The van der Waals surface area contributed by atoms with E-state index in [1.807, 2.05) is 0 Å². The van der Waals surface area contributed by atoms with Crippen molar-refractivity contribution in [1.82, 2.24) is 0 Å². The van der Waals surface area contributed by atoms with Crippen molar-refractivity contribution in [3.8, 4) is 0 Å². The van der Waals surface area contributed by atoms with Gasteiger partial charge >= 0.3 is 0 Å². The molecule has 80 valence electrons. The first-order chi connectivity index (χ1) is 5.77. The van der Waals surface area contributed by atoms with E-state index in [0.29, 0.717) is 6.26 Å². The molecule has 1 N–H and O–H groups in total. The summed E-state index contributed by atoms with van der Waals surface area (Å²) in [6.45, 7) is 6.43. The second-order valence-electron chi connectivity index (χ2n) is 3.82. The molecule has 0 aromatic heterocycles. The maximum Gasteiger partial charge on any atom is 0.261 e. The maximum absolute atomic E-state index is 9.19. The average Bonchev–Trinajstić information content (AvgIpc) is 2.34. The number of likely N-dealkylation sites (tertiary alicyclic amines) is 1. The van der Waals surface area contributed by atoms with Crippen molar-refractivity contribution in [2.24, 2.45) is 0 Å². The molecule has 0 saturated carbocycles. The molecular formula is C8H20NO3S+. The Labute approximate surface area is 80.9 Å². The Bertz CT molecular complexity index is 222. The van der Waals surface area contributed by atoms with Crippen LogP contribution < -0.4 is 0 Å². The minimum atomic E-state index is -3.67. The molecule has 0 atom stereocenters. The van der Waals surface area contributed by atoms with Gasteiger partial charge in [0.05, 0.1) is 32.9 Å². The Balaban J connectivity index is 0.000000252. The van der Waals surface area contributed by atoms with Crippen molar-refractivity contribution in [2.75, 3.05) is 32.9 Å². The van der Waals surface area contributed by atoms with E-state index in [0.717, 1.165) is 0 Å². The van der Waals surface area contributed by atoms with Crippen LogP contribution in [-0.4, -0.2) is 50.4 Å². The number of hydrogen-bond donors (Lipinski definition) is 1. The predicted molar refractivity (Wildman–Crippen MR) is 53.2 cm³/mol. The molecule has 1 heterocycles. The van der Waals surface area contributed by atoms with E-state index >= 15 is 0 Å². The van der Waals surface area contributed by atoms with Crippen LogP contribution in [0.4, 0.5) is 0 Å². The predicted octanol–water partition coefficient (Wildman–Crippen LogP) is 0.751. The zero-order valence-corrected chi connectivity index (χ0v) is 9.47. The van der Waals surface area contributed by atoms with E-state index in [4.69, 9.17) is 4.55 Å². The normalized spacial score (nSPS) is 20.6. The molecule has 0 aromatic carbocycles. The van der Waals surface area contributed by atoms with Crippen LogP contribution in [0.1, 0.15) is 19.8 Å². The summed E-state index contributed by atoms with van der Waals surface area (Å²) in [7, 11) is -1.31. The van der Waals surface area contributed by atoms with Crippen molar-refractivity contribution in [1.29, 1.82) is 0 Å². The van der Waals surface area contributed by atoms with Crippen LogP contribution in [0, 0.1) is 0 Å². The lowest BCUT2D eigenvalue weighted by molar-refractivity contribution is -0.895. The fraction of sp³-hybridized carbons (Fsp3) is 1.00. The topological polar surface area (TPSA) is 54.4 Å². The SMILES string of the molecule is CC[N+]1(C)CCCC1.CS(=O)(=O)O. The quantitative estimate of drug-likeness (QED) is 0.513. The molecular weight excluding hydrogens is 190 g/mol. The summed E-state index contributed by atoms with van der Waals surface area (Å²) in [5.74, 6) is 0. The smallest absolute Gasteiger partial charge is 0.261 e. The van der Waals surface area contributed by atoms with Crippen molar-refractivity contribution in [3.63, 3.8) is 0 Å². The molecule has 4 nitrogen and oxygen atoms in total. The number of nitrogens with zero attached hydrogens (tertiary/aromatic N) is 1. The molecule has 1 aliphatic heterocycles. The fourth-order valence-corrected chi connectivity index (χ4v) is 1.42. The first-order valence-corrected chi connectivity index (χ1v) is 6.38. The third kappa shape index (κ3) is 8.21. The van der Waals surface area contributed by atoms with Gasteiger partial charge in [-0.15, -0.1) is 0 Å². The second-order valence-corrected chi connectivity index (χ2v) is 5.29. The Morgan fingerprint density at radius 3 is 1.77 bits per heavy atom. The Morgan fingerprint density at radius 2 is 1.62 bits per heavy atom. The molecule has 5 heteroatoms. The number of rotatable bonds is 1. The van der Waals surface area contributed by atoms with Gasteiger partial charge in [0.15, 0.2) is 0 Å². The van der Waals surface area contributed by atoms with E-state index in [1.54, 1.807) is 0 Å². The van der Waals surface area contributed by atoms with Gasteiger partial charge in [0.1, 0.15) is 0 Å². The molecule has 0 spiro atoms. The van der Waals surface area contributed by atoms with E-state index in [9.17, 15) is 8.42 Å². The highest BCUT2D eigenvalue weighted by Crippen LogP contribution is 2.14. The molecule has 1 saturated heterocycles. The Kier molecular flexibility index (Phi) is 4.88. The lowest BCUT2D eigenvalue weighted by Gasteiger charge is -2.26. The van der Waals surface area contributed by atoms with Gasteiger partial charge in [-0.05, 0) is 6.92 Å². The van der Waals surface area contributed by atoms with Gasteiger partial charge in [0.25, 0.3) is 10.1 Å². The van der Waals surface area contributed by atoms with Crippen molar-refractivity contribution in [3.05, 3.63) is 0 Å².